The molecule has 3 aromatic rings. The lowest BCUT2D eigenvalue weighted by atomic mass is 9.70. The maximum Gasteiger partial charge on any atom is 0.305 e. The number of Topliss-reactive ketones (excluding diaryl/α,β-unsaturated/α-hetero) is 2. The molecule has 0 fully saturated rings. The number of benzene rings is 3. The van der Waals surface area contributed by atoms with Crippen molar-refractivity contribution in [2.45, 2.75) is 57.5 Å². The molecule has 204 valence electrons. The highest BCUT2D eigenvalue weighted by Crippen LogP contribution is 2.52. The van der Waals surface area contributed by atoms with E-state index in [1.165, 1.54) is 12.1 Å². The third kappa shape index (κ3) is 4.70. The Bertz CT molecular complexity index is 1560. The van der Waals surface area contributed by atoms with Gasteiger partial charge in [0.15, 0.2) is 11.6 Å². The van der Waals surface area contributed by atoms with Gasteiger partial charge < -0.3 is 14.7 Å². The van der Waals surface area contributed by atoms with E-state index in [9.17, 15) is 23.9 Å². The van der Waals surface area contributed by atoms with Crippen LogP contribution in [0, 0.1) is 5.82 Å². The molecule has 1 heterocycles. The zero-order valence-corrected chi connectivity index (χ0v) is 22.1. The van der Waals surface area contributed by atoms with Gasteiger partial charge in [-0.15, -0.1) is 0 Å². The number of rotatable bonds is 7. The summed E-state index contributed by atoms with van der Waals surface area (Å²) in [5.41, 5.74) is 4.26. The maximum atomic E-state index is 13.9. The first-order valence-electron chi connectivity index (χ1n) is 13.8. The lowest BCUT2D eigenvalue weighted by Gasteiger charge is -2.44. The van der Waals surface area contributed by atoms with Gasteiger partial charge in [-0.1, -0.05) is 42.5 Å². The number of carboxylic acids is 1. The number of fused-ring (bicyclic) bond motifs is 1. The summed E-state index contributed by atoms with van der Waals surface area (Å²) in [4.78, 5) is 41.0. The van der Waals surface area contributed by atoms with Gasteiger partial charge in [0.25, 0.3) is 0 Å². The molecule has 40 heavy (non-hydrogen) atoms. The monoisotopic (exact) mass is 539 g/mol. The third-order valence-electron chi connectivity index (χ3n) is 8.14. The SMILES string of the molecule is O=C(O)CCN1C2=C(C(=O)CCC2)C(c2c(OCc3cccc(F)c3)ccc3ccccc23)C2=C1CCCC2=O. The number of ether oxygens (including phenoxy) is 1. The van der Waals surface area contributed by atoms with Crippen LogP contribution < -0.4 is 4.74 Å². The fraction of sp³-hybridized carbons (Fsp3) is 0.303. The van der Waals surface area contributed by atoms with Crippen molar-refractivity contribution in [2.24, 2.45) is 0 Å². The summed E-state index contributed by atoms with van der Waals surface area (Å²) in [5.74, 6) is -1.36. The maximum absolute atomic E-state index is 13.9. The number of carbonyl (C=O) groups is 3. The van der Waals surface area contributed by atoms with Crippen molar-refractivity contribution in [2.75, 3.05) is 6.54 Å². The molecule has 3 aromatic carbocycles. The minimum atomic E-state index is -0.919. The Labute approximate surface area is 231 Å². The molecular formula is C33H30FNO5. The molecule has 0 unspecified atom stereocenters. The molecule has 0 saturated heterocycles. The van der Waals surface area contributed by atoms with Crippen molar-refractivity contribution in [3.8, 4) is 5.75 Å². The number of nitrogens with zero attached hydrogens (tertiary/aromatic N) is 1. The second-order valence-corrected chi connectivity index (χ2v) is 10.6. The van der Waals surface area contributed by atoms with Crippen LogP contribution in [0.1, 0.15) is 62.0 Å². The number of allylic oxidation sites excluding steroid dienone is 4. The standard InChI is InChI=1S/C33H30FNO5/c34-22-8-3-6-20(18-22)19-40-28-15-14-21-7-1-2-9-23(21)30(28)33-31-24(10-4-12-26(31)36)35(17-16-29(38)39)25-11-5-13-27(37)32(25)33/h1-3,6-9,14-15,18,33H,4-5,10-13,16-17,19H2,(H,38,39). The smallest absolute Gasteiger partial charge is 0.305 e. The number of hydrogen-bond acceptors (Lipinski definition) is 5. The zero-order valence-electron chi connectivity index (χ0n) is 22.1. The molecule has 0 amide bonds. The molecule has 0 atom stereocenters. The van der Waals surface area contributed by atoms with Crippen LogP contribution in [-0.2, 0) is 21.0 Å². The van der Waals surface area contributed by atoms with Gasteiger partial charge in [0, 0.05) is 53.4 Å². The van der Waals surface area contributed by atoms with E-state index in [1.54, 1.807) is 12.1 Å². The van der Waals surface area contributed by atoms with Gasteiger partial charge in [-0.2, -0.15) is 0 Å². The number of aliphatic carboxylic acids is 1. The number of ketones is 2. The van der Waals surface area contributed by atoms with Crippen LogP contribution in [0.3, 0.4) is 0 Å². The average molecular weight is 540 g/mol. The highest BCUT2D eigenvalue weighted by molar-refractivity contribution is 6.08. The highest BCUT2D eigenvalue weighted by atomic mass is 19.1. The first-order valence-corrected chi connectivity index (χ1v) is 13.8. The molecule has 2 aliphatic carbocycles. The Hall–Kier alpha value is -4.26. The lowest BCUT2D eigenvalue weighted by Crippen LogP contribution is -2.40. The quantitative estimate of drug-likeness (QED) is 0.372. The second kappa shape index (κ2) is 10.7. The molecule has 0 spiro atoms. The summed E-state index contributed by atoms with van der Waals surface area (Å²) in [6.45, 7) is 0.346. The van der Waals surface area contributed by atoms with Crippen molar-refractivity contribution in [1.29, 1.82) is 0 Å². The van der Waals surface area contributed by atoms with Crippen molar-refractivity contribution >= 4 is 28.3 Å². The normalized spacial score (nSPS) is 17.8. The van der Waals surface area contributed by atoms with Gasteiger partial charge in [-0.3, -0.25) is 14.4 Å². The van der Waals surface area contributed by atoms with Crippen LogP contribution in [0.15, 0.2) is 83.2 Å². The average Bonchev–Trinajstić information content (AvgIpc) is 2.94. The molecule has 6 nitrogen and oxygen atoms in total. The molecule has 1 N–H and O–H groups in total. The highest BCUT2D eigenvalue weighted by Gasteiger charge is 2.44. The summed E-state index contributed by atoms with van der Waals surface area (Å²) in [7, 11) is 0. The zero-order chi connectivity index (χ0) is 27.8. The van der Waals surface area contributed by atoms with Gasteiger partial charge in [-0.25, -0.2) is 4.39 Å². The molecule has 3 aliphatic rings. The summed E-state index contributed by atoms with van der Waals surface area (Å²) in [6.07, 6.45) is 3.33. The first kappa shape index (κ1) is 26.0. The van der Waals surface area contributed by atoms with Crippen molar-refractivity contribution in [1.82, 2.24) is 4.90 Å². The summed E-state index contributed by atoms with van der Waals surface area (Å²) in [5, 5.41) is 11.3. The Morgan fingerprint density at radius 2 is 1.60 bits per heavy atom. The van der Waals surface area contributed by atoms with Crippen LogP contribution >= 0.6 is 0 Å². The first-order chi connectivity index (χ1) is 19.4. The van der Waals surface area contributed by atoms with E-state index in [0.717, 1.165) is 27.7 Å². The Balaban J connectivity index is 1.56. The largest absolute Gasteiger partial charge is 0.489 e. The van der Waals surface area contributed by atoms with Gasteiger partial charge in [-0.05, 0) is 60.2 Å². The van der Waals surface area contributed by atoms with Gasteiger partial charge in [0.2, 0.25) is 0 Å². The van der Waals surface area contributed by atoms with E-state index in [1.807, 2.05) is 41.3 Å². The summed E-state index contributed by atoms with van der Waals surface area (Å²) < 4.78 is 20.2. The molecule has 0 saturated carbocycles. The van der Waals surface area contributed by atoms with E-state index < -0.39 is 11.9 Å². The second-order valence-electron chi connectivity index (χ2n) is 10.6. The van der Waals surface area contributed by atoms with E-state index >= 15 is 0 Å². The van der Waals surface area contributed by atoms with Crippen molar-refractivity contribution in [3.63, 3.8) is 0 Å². The van der Waals surface area contributed by atoms with Crippen molar-refractivity contribution in [3.05, 3.63) is 100 Å². The van der Waals surface area contributed by atoms with Crippen LogP contribution in [0.25, 0.3) is 10.8 Å². The Morgan fingerprint density at radius 3 is 2.27 bits per heavy atom. The van der Waals surface area contributed by atoms with E-state index in [0.29, 0.717) is 61.0 Å². The fourth-order valence-corrected chi connectivity index (χ4v) is 6.47. The summed E-state index contributed by atoms with van der Waals surface area (Å²) >= 11 is 0. The van der Waals surface area contributed by atoms with E-state index in [2.05, 4.69) is 0 Å². The van der Waals surface area contributed by atoms with Crippen LogP contribution in [0.4, 0.5) is 4.39 Å². The predicted molar refractivity (Wildman–Crippen MR) is 148 cm³/mol. The van der Waals surface area contributed by atoms with Crippen LogP contribution in [-0.4, -0.2) is 34.1 Å². The lowest BCUT2D eigenvalue weighted by molar-refractivity contribution is -0.137. The molecule has 7 heteroatoms. The third-order valence-corrected chi connectivity index (χ3v) is 8.14. The Kier molecular flexibility index (Phi) is 6.96. The predicted octanol–water partition coefficient (Wildman–Crippen LogP) is 6.45. The minimum absolute atomic E-state index is 0.0134. The molecule has 1 aliphatic heterocycles. The molecule has 0 aromatic heterocycles. The molecule has 0 radical (unpaired) electrons. The molecular weight excluding hydrogens is 509 g/mol. The van der Waals surface area contributed by atoms with E-state index in [-0.39, 0.29) is 37.0 Å². The van der Waals surface area contributed by atoms with Gasteiger partial charge >= 0.3 is 5.97 Å². The van der Waals surface area contributed by atoms with E-state index in [4.69, 9.17) is 4.74 Å². The number of halogens is 1. The van der Waals surface area contributed by atoms with Crippen LogP contribution in [0.5, 0.6) is 5.75 Å². The van der Waals surface area contributed by atoms with Gasteiger partial charge in [0.1, 0.15) is 18.2 Å². The minimum Gasteiger partial charge on any atom is -0.489 e. The van der Waals surface area contributed by atoms with Crippen molar-refractivity contribution < 1.29 is 28.6 Å². The Morgan fingerprint density at radius 1 is 0.900 bits per heavy atom. The molecule has 6 rings (SSSR count). The molecule has 0 bridgehead atoms. The van der Waals surface area contributed by atoms with Crippen LogP contribution in [0.2, 0.25) is 0 Å². The number of hydrogen-bond donors (Lipinski definition) is 1. The fourth-order valence-electron chi connectivity index (χ4n) is 6.47. The summed E-state index contributed by atoms with van der Waals surface area (Å²) in [6, 6.07) is 17.9. The number of carboxylic acid groups (broad SMARTS) is 1. The van der Waals surface area contributed by atoms with Gasteiger partial charge in [0.05, 0.1) is 6.42 Å². The topological polar surface area (TPSA) is 83.9 Å². The number of carbonyl (C=O) groups excluding carboxylic acids is 2.